The molecule has 1 N–H and O–H groups in total. The van der Waals surface area contributed by atoms with E-state index in [4.69, 9.17) is 4.74 Å². The smallest absolute Gasteiger partial charge is 0.392 e. The van der Waals surface area contributed by atoms with Gasteiger partial charge in [-0.25, -0.2) is 4.39 Å². The highest BCUT2D eigenvalue weighted by atomic mass is 19.4. The van der Waals surface area contributed by atoms with Crippen LogP contribution in [0.1, 0.15) is 48.0 Å². The topological polar surface area (TPSA) is 53.0 Å². The van der Waals surface area contributed by atoms with Crippen LogP contribution in [0.15, 0.2) is 18.2 Å². The molecule has 1 unspecified atom stereocenters. The number of β-amino-alcohol motifs (C(OH)–C–C–N with tert-alkyl or cyclic N) is 1. The number of likely N-dealkylation sites (tertiary alicyclic amines) is 2. The number of piperidine rings is 2. The van der Waals surface area contributed by atoms with Crippen LogP contribution in [0.2, 0.25) is 0 Å². The fourth-order valence-electron chi connectivity index (χ4n) is 5.31. The van der Waals surface area contributed by atoms with Crippen LogP contribution in [0.4, 0.5) is 17.6 Å². The predicted octanol–water partition coefficient (Wildman–Crippen LogP) is 3.31. The highest BCUT2D eigenvalue weighted by molar-refractivity contribution is 5.94. The minimum Gasteiger partial charge on any atom is -0.392 e. The Labute approximate surface area is 179 Å². The van der Waals surface area contributed by atoms with Gasteiger partial charge in [0.15, 0.2) is 0 Å². The van der Waals surface area contributed by atoms with Gasteiger partial charge in [-0.05, 0) is 55.7 Å². The van der Waals surface area contributed by atoms with Crippen LogP contribution in [0.3, 0.4) is 0 Å². The average molecular weight is 444 g/mol. The molecule has 172 valence electrons. The third-order valence-corrected chi connectivity index (χ3v) is 7.00. The SMILES string of the molecule is O=C(c1cc(C(F)(F)F)ccc1F)N1CCC2(CC1)CC(O)CN(C1CCOCC1)C2. The number of carbonyl (C=O) groups is 1. The number of aliphatic hydroxyl groups excluding tert-OH is 1. The maximum atomic E-state index is 14.2. The molecular formula is C22H28F4N2O3. The van der Waals surface area contributed by atoms with E-state index in [1.165, 1.54) is 4.90 Å². The molecule has 1 atom stereocenters. The molecule has 0 bridgehead atoms. The molecule has 9 heteroatoms. The van der Waals surface area contributed by atoms with Crippen molar-refractivity contribution in [1.29, 1.82) is 0 Å². The molecule has 3 aliphatic heterocycles. The molecule has 0 radical (unpaired) electrons. The van der Waals surface area contributed by atoms with Gasteiger partial charge in [-0.1, -0.05) is 0 Å². The lowest BCUT2D eigenvalue weighted by molar-refractivity contribution is -0.137. The number of alkyl halides is 3. The van der Waals surface area contributed by atoms with Crippen molar-refractivity contribution in [3.8, 4) is 0 Å². The Bertz CT molecular complexity index is 802. The number of halogens is 4. The molecule has 1 aromatic carbocycles. The van der Waals surface area contributed by atoms with Crippen LogP contribution in [0.25, 0.3) is 0 Å². The zero-order chi connectivity index (χ0) is 22.2. The maximum Gasteiger partial charge on any atom is 0.416 e. The van der Waals surface area contributed by atoms with E-state index in [2.05, 4.69) is 4.90 Å². The third-order valence-electron chi connectivity index (χ3n) is 7.00. The van der Waals surface area contributed by atoms with Crippen molar-refractivity contribution in [3.05, 3.63) is 35.1 Å². The van der Waals surface area contributed by atoms with E-state index in [0.717, 1.165) is 32.6 Å². The van der Waals surface area contributed by atoms with E-state index in [1.54, 1.807) is 0 Å². The Morgan fingerprint density at radius 2 is 1.84 bits per heavy atom. The van der Waals surface area contributed by atoms with Crippen LogP contribution in [0.5, 0.6) is 0 Å². The quantitative estimate of drug-likeness (QED) is 0.712. The second kappa shape index (κ2) is 8.67. The Morgan fingerprint density at radius 1 is 1.16 bits per heavy atom. The molecule has 31 heavy (non-hydrogen) atoms. The van der Waals surface area contributed by atoms with E-state index in [0.29, 0.717) is 63.1 Å². The highest BCUT2D eigenvalue weighted by Gasteiger charge is 2.44. The Morgan fingerprint density at radius 3 is 2.48 bits per heavy atom. The van der Waals surface area contributed by atoms with Gasteiger partial charge in [0.2, 0.25) is 0 Å². The fourth-order valence-corrected chi connectivity index (χ4v) is 5.31. The molecule has 3 saturated heterocycles. The first-order chi connectivity index (χ1) is 14.7. The largest absolute Gasteiger partial charge is 0.416 e. The second-order valence-corrected chi connectivity index (χ2v) is 9.12. The van der Waals surface area contributed by atoms with Crippen LogP contribution in [-0.4, -0.2) is 72.4 Å². The summed E-state index contributed by atoms with van der Waals surface area (Å²) in [6.45, 7) is 3.56. The number of amides is 1. The molecule has 3 aliphatic rings. The number of nitrogens with zero attached hydrogens (tertiary/aromatic N) is 2. The molecule has 0 aromatic heterocycles. The van der Waals surface area contributed by atoms with Crippen molar-refractivity contribution < 1.29 is 32.2 Å². The molecule has 1 amide bonds. The summed E-state index contributed by atoms with van der Waals surface area (Å²) in [6, 6.07) is 2.31. The van der Waals surface area contributed by atoms with E-state index >= 15 is 0 Å². The molecule has 5 nitrogen and oxygen atoms in total. The van der Waals surface area contributed by atoms with E-state index in [9.17, 15) is 27.5 Å². The van der Waals surface area contributed by atoms with Gasteiger partial charge in [-0.2, -0.15) is 13.2 Å². The van der Waals surface area contributed by atoms with Gasteiger partial charge < -0.3 is 14.7 Å². The zero-order valence-electron chi connectivity index (χ0n) is 17.3. The summed E-state index contributed by atoms with van der Waals surface area (Å²) in [5.74, 6) is -1.66. The summed E-state index contributed by atoms with van der Waals surface area (Å²) in [5.41, 5.74) is -1.72. The maximum absolute atomic E-state index is 14.2. The van der Waals surface area contributed by atoms with Gasteiger partial charge in [-0.15, -0.1) is 0 Å². The minimum absolute atomic E-state index is 0.140. The first-order valence-electron chi connectivity index (χ1n) is 10.8. The van der Waals surface area contributed by atoms with Crippen molar-refractivity contribution in [3.63, 3.8) is 0 Å². The molecule has 3 heterocycles. The number of benzene rings is 1. The first-order valence-corrected chi connectivity index (χ1v) is 10.8. The summed E-state index contributed by atoms with van der Waals surface area (Å²) in [4.78, 5) is 16.6. The van der Waals surface area contributed by atoms with Crippen molar-refractivity contribution in [1.82, 2.24) is 9.80 Å². The lowest BCUT2D eigenvalue weighted by Crippen LogP contribution is -2.57. The van der Waals surface area contributed by atoms with Gasteiger partial charge in [0, 0.05) is 45.4 Å². The second-order valence-electron chi connectivity index (χ2n) is 9.12. The lowest BCUT2D eigenvalue weighted by atomic mass is 9.71. The zero-order valence-corrected chi connectivity index (χ0v) is 17.3. The fraction of sp³-hybridized carbons (Fsp3) is 0.682. The van der Waals surface area contributed by atoms with E-state index in [-0.39, 0.29) is 5.41 Å². The highest BCUT2D eigenvalue weighted by Crippen LogP contribution is 2.41. The standard InChI is InChI=1S/C22H28F4N2O3/c23-19-2-1-15(22(24,25)26)11-18(19)20(30)27-7-5-21(6-8-27)12-17(29)13-28(14-21)16-3-9-31-10-4-16/h1-2,11,16-17,29H,3-10,12-14H2. The lowest BCUT2D eigenvalue weighted by Gasteiger charge is -2.51. The predicted molar refractivity (Wildman–Crippen MR) is 105 cm³/mol. The Kier molecular flexibility index (Phi) is 6.29. The van der Waals surface area contributed by atoms with Gasteiger partial charge >= 0.3 is 6.18 Å². The van der Waals surface area contributed by atoms with Crippen molar-refractivity contribution in [2.75, 3.05) is 39.4 Å². The summed E-state index contributed by atoms with van der Waals surface area (Å²) in [7, 11) is 0. The number of hydrogen-bond acceptors (Lipinski definition) is 4. The van der Waals surface area contributed by atoms with Crippen LogP contribution < -0.4 is 0 Å². The summed E-state index contributed by atoms with van der Waals surface area (Å²) >= 11 is 0. The van der Waals surface area contributed by atoms with Crippen LogP contribution in [-0.2, 0) is 10.9 Å². The minimum atomic E-state index is -4.64. The molecule has 1 spiro atoms. The number of ether oxygens (including phenoxy) is 1. The molecule has 0 aliphatic carbocycles. The Hall–Kier alpha value is -1.71. The molecular weight excluding hydrogens is 416 g/mol. The molecule has 3 fully saturated rings. The summed E-state index contributed by atoms with van der Waals surface area (Å²) in [6.07, 6.45) is -1.30. The van der Waals surface area contributed by atoms with E-state index in [1.807, 2.05) is 0 Å². The normalized spacial score (nSPS) is 25.7. The van der Waals surface area contributed by atoms with Gasteiger partial charge in [0.1, 0.15) is 5.82 Å². The molecule has 0 saturated carbocycles. The van der Waals surface area contributed by atoms with Crippen molar-refractivity contribution >= 4 is 5.91 Å². The Balaban J connectivity index is 1.44. The molecule has 4 rings (SSSR count). The third kappa shape index (κ3) is 4.88. The monoisotopic (exact) mass is 444 g/mol. The van der Waals surface area contributed by atoms with Gasteiger partial charge in [0.25, 0.3) is 5.91 Å². The van der Waals surface area contributed by atoms with Gasteiger partial charge in [-0.3, -0.25) is 9.69 Å². The average Bonchev–Trinajstić information content (AvgIpc) is 2.73. The van der Waals surface area contributed by atoms with Crippen molar-refractivity contribution in [2.24, 2.45) is 5.41 Å². The number of aliphatic hydroxyl groups is 1. The van der Waals surface area contributed by atoms with Crippen LogP contribution in [0, 0.1) is 11.2 Å². The first kappa shape index (κ1) is 22.5. The van der Waals surface area contributed by atoms with Gasteiger partial charge in [0.05, 0.1) is 17.2 Å². The van der Waals surface area contributed by atoms with E-state index < -0.39 is 35.1 Å². The number of carbonyl (C=O) groups excluding carboxylic acids is 1. The van der Waals surface area contributed by atoms with Crippen LogP contribution >= 0.6 is 0 Å². The number of rotatable bonds is 2. The molecule has 1 aromatic rings. The van der Waals surface area contributed by atoms with Crippen molar-refractivity contribution in [2.45, 2.75) is 50.4 Å². The number of hydrogen-bond donors (Lipinski definition) is 1. The summed E-state index contributed by atoms with van der Waals surface area (Å²) in [5, 5.41) is 10.5. The summed E-state index contributed by atoms with van der Waals surface area (Å²) < 4.78 is 58.6.